The molecule has 6 aliphatic rings. The first-order chi connectivity index (χ1) is 44.9. The lowest BCUT2D eigenvalue weighted by atomic mass is 9.54. The largest absolute Gasteiger partial charge is 0.493 e. The zero-order valence-electron chi connectivity index (χ0n) is 53.5. The van der Waals surface area contributed by atoms with Crippen molar-refractivity contribution in [1.82, 2.24) is 39.7 Å². The molecule has 0 radical (unpaired) electrons. The summed E-state index contributed by atoms with van der Waals surface area (Å²) in [5, 5.41) is 19.7. The summed E-state index contributed by atoms with van der Waals surface area (Å²) in [6, 6.07) is 28.0. The van der Waals surface area contributed by atoms with E-state index in [1.807, 2.05) is 71.3 Å². The second-order valence-electron chi connectivity index (χ2n) is 25.7. The summed E-state index contributed by atoms with van der Waals surface area (Å²) in [6.45, 7) is 18.2. The fraction of sp³-hybridized carbons (Fsp3) is 0.471. The molecule has 0 spiro atoms. The van der Waals surface area contributed by atoms with E-state index in [9.17, 15) is 19.2 Å². The summed E-state index contributed by atoms with van der Waals surface area (Å²) in [5.74, 6) is 0.665. The van der Waals surface area contributed by atoms with Gasteiger partial charge in [-0.3, -0.25) is 24.1 Å². The molecular formula is C70H81Cl2FN12O8. The molecule has 23 heteroatoms. The van der Waals surface area contributed by atoms with Crippen LogP contribution in [0.4, 0.5) is 20.7 Å². The maximum absolute atomic E-state index is 15.4. The van der Waals surface area contributed by atoms with Gasteiger partial charge in [0.25, 0.3) is 5.91 Å². The van der Waals surface area contributed by atoms with Gasteiger partial charge < -0.3 is 49.4 Å². The highest BCUT2D eigenvalue weighted by Gasteiger charge is 2.71. The summed E-state index contributed by atoms with van der Waals surface area (Å²) in [6.07, 6.45) is 4.92. The van der Waals surface area contributed by atoms with E-state index in [0.717, 1.165) is 47.1 Å². The average molecular weight is 1310 g/mol. The molecule has 93 heavy (non-hydrogen) atoms. The number of carbonyl (C=O) groups excluding carboxylic acids is 3. The quantitative estimate of drug-likeness (QED) is 0.0571. The van der Waals surface area contributed by atoms with Crippen LogP contribution in [0.1, 0.15) is 128 Å². The van der Waals surface area contributed by atoms with Crippen molar-refractivity contribution in [3.63, 3.8) is 0 Å². The van der Waals surface area contributed by atoms with E-state index in [1.165, 1.54) is 12.1 Å². The van der Waals surface area contributed by atoms with Gasteiger partial charge in [0.1, 0.15) is 46.1 Å². The van der Waals surface area contributed by atoms with Gasteiger partial charge >= 0.3 is 6.03 Å². The Labute approximate surface area is 552 Å². The molecule has 2 aliphatic carbocycles. The lowest BCUT2D eigenvalue weighted by Gasteiger charge is -2.56. The highest BCUT2D eigenvalue weighted by Crippen LogP contribution is 2.66. The third-order valence-corrected chi connectivity index (χ3v) is 19.3. The minimum absolute atomic E-state index is 0.0192. The number of urea groups is 1. The Bertz CT molecular complexity index is 3840. The van der Waals surface area contributed by atoms with Crippen LogP contribution >= 0.6 is 23.2 Å². The Morgan fingerprint density at radius 1 is 0.806 bits per heavy atom. The van der Waals surface area contributed by atoms with Gasteiger partial charge in [-0.15, -0.1) is 0 Å². The number of nitrogen functional groups attached to an aromatic ring is 1. The van der Waals surface area contributed by atoms with Crippen LogP contribution in [0.2, 0.25) is 10.0 Å². The first-order valence-electron chi connectivity index (χ1n) is 32.4. The Balaban J connectivity index is 0.561. The number of amides is 4. The standard InChI is InChI=1S/C70H81Cl2FN12O8/c1-6-93-61-39-47(68(2,3)4)11-18-53(61)65-78-70(46-9-12-48(71)13-10-46)56-40-49(72)14-20-55(56)69(70,5)85(65)67(88)81-27-25-80(26-28-81)29-31-90-33-35-92-37-36-91-34-32-89-30-21-62(86)76-22-24-84-60(42-74)63-45-38-59(64(75)77-43-45)82-23-7-8-58(82)54-41-50(73)15-19-52(54)66(87)83(51-16-17-51)44-57(63)79-84/h9-15,18-20,38-41,43,51,58H,6-8,16-17,21-37,44H2,1-5H3,(H2,75,77)(H,76,86)/t58-,69-,70-/m1/s1. The predicted molar refractivity (Wildman–Crippen MR) is 353 cm³/mol. The summed E-state index contributed by atoms with van der Waals surface area (Å²) in [7, 11) is 0. The number of nitriles is 1. The lowest BCUT2D eigenvalue weighted by Crippen LogP contribution is -2.66. The molecule has 4 aliphatic heterocycles. The number of nitrogens with zero attached hydrogens (tertiary/aromatic N) is 10. The van der Waals surface area contributed by atoms with Crippen LogP contribution in [0.3, 0.4) is 0 Å². The molecule has 2 saturated heterocycles. The van der Waals surface area contributed by atoms with Crippen LogP contribution in [0, 0.1) is 17.1 Å². The van der Waals surface area contributed by atoms with Crippen molar-refractivity contribution >= 4 is 58.4 Å². The normalized spacial score (nSPS) is 20.1. The number of anilines is 2. The predicted octanol–water partition coefficient (Wildman–Crippen LogP) is 10.2. The van der Waals surface area contributed by atoms with Crippen LogP contribution < -0.4 is 20.7 Å². The highest BCUT2D eigenvalue weighted by atomic mass is 35.5. The van der Waals surface area contributed by atoms with Crippen molar-refractivity contribution in [3.05, 3.63) is 157 Å². The summed E-state index contributed by atoms with van der Waals surface area (Å²) < 4.78 is 46.0. The maximum atomic E-state index is 15.4. The van der Waals surface area contributed by atoms with Crippen LogP contribution in [0.25, 0.3) is 11.1 Å². The maximum Gasteiger partial charge on any atom is 0.326 e. The Kier molecular flexibility index (Phi) is 19.5. The number of rotatable bonds is 23. The molecule has 3 N–H and O–H groups in total. The molecule has 490 valence electrons. The molecular weight excluding hydrogens is 1230 g/mol. The van der Waals surface area contributed by atoms with Gasteiger partial charge in [0.05, 0.1) is 95.5 Å². The number of pyridine rings is 1. The molecule has 2 aromatic heterocycles. The number of ether oxygens (including phenoxy) is 5. The van der Waals surface area contributed by atoms with Gasteiger partial charge in [-0.2, -0.15) is 10.4 Å². The van der Waals surface area contributed by atoms with Crippen molar-refractivity contribution in [2.24, 2.45) is 4.99 Å². The van der Waals surface area contributed by atoms with Crippen LogP contribution in [0.15, 0.2) is 96.1 Å². The molecule has 6 heterocycles. The fourth-order valence-electron chi connectivity index (χ4n) is 13.9. The van der Waals surface area contributed by atoms with Gasteiger partial charge in [-0.25, -0.2) is 19.2 Å². The first-order valence-corrected chi connectivity index (χ1v) is 33.1. The summed E-state index contributed by atoms with van der Waals surface area (Å²) in [4.78, 5) is 63.1. The van der Waals surface area contributed by atoms with Crippen LogP contribution in [0.5, 0.6) is 5.75 Å². The van der Waals surface area contributed by atoms with E-state index < -0.39 is 16.9 Å². The third kappa shape index (κ3) is 13.0. The number of halogens is 3. The third-order valence-electron chi connectivity index (χ3n) is 18.9. The zero-order valence-corrected chi connectivity index (χ0v) is 55.0. The van der Waals surface area contributed by atoms with Crippen molar-refractivity contribution in [1.29, 1.82) is 5.26 Å². The summed E-state index contributed by atoms with van der Waals surface area (Å²) >= 11 is 13.2. The van der Waals surface area contributed by atoms with E-state index in [4.69, 9.17) is 62.7 Å². The molecule has 1 saturated carbocycles. The number of hydrogen-bond acceptors (Lipinski definition) is 15. The Hall–Kier alpha value is -7.68. The van der Waals surface area contributed by atoms with Gasteiger partial charge in [0, 0.05) is 91.2 Å². The van der Waals surface area contributed by atoms with Gasteiger partial charge in [0.15, 0.2) is 0 Å². The zero-order chi connectivity index (χ0) is 65.2. The van der Waals surface area contributed by atoms with E-state index in [-0.39, 0.29) is 73.7 Å². The summed E-state index contributed by atoms with van der Waals surface area (Å²) in [5.41, 5.74) is 12.9. The Morgan fingerprint density at radius 3 is 2.20 bits per heavy atom. The molecule has 20 nitrogen and oxygen atoms in total. The van der Waals surface area contributed by atoms with Crippen molar-refractivity contribution in [2.75, 3.05) is 116 Å². The van der Waals surface area contributed by atoms with E-state index in [1.54, 1.807) is 21.8 Å². The number of carbonyl (C=O) groups is 3. The number of hydrogen-bond donors (Lipinski definition) is 2. The van der Waals surface area contributed by atoms with Gasteiger partial charge in [-0.05, 0) is 133 Å². The van der Waals surface area contributed by atoms with Gasteiger partial charge in [-0.1, -0.05) is 68.2 Å². The molecule has 3 fully saturated rings. The molecule has 6 aromatic rings. The van der Waals surface area contributed by atoms with Crippen LogP contribution in [-0.4, -0.2) is 169 Å². The minimum atomic E-state index is -0.970. The van der Waals surface area contributed by atoms with Gasteiger partial charge in [0.2, 0.25) is 5.91 Å². The first kappa shape index (κ1) is 65.4. The molecule has 0 unspecified atom stereocenters. The van der Waals surface area contributed by atoms with Crippen molar-refractivity contribution in [2.45, 2.75) is 108 Å². The van der Waals surface area contributed by atoms with Crippen LogP contribution in [-0.2, 0) is 53.3 Å². The van der Waals surface area contributed by atoms with E-state index in [2.05, 4.69) is 66.0 Å². The number of aromatic nitrogens is 3. The van der Waals surface area contributed by atoms with E-state index >= 15 is 4.79 Å². The van der Waals surface area contributed by atoms with E-state index in [0.29, 0.717) is 160 Å². The number of aliphatic imine (C=N–C) groups is 1. The average Bonchev–Trinajstić information content (AvgIpc) is 1.55. The Morgan fingerprint density at radius 2 is 1.51 bits per heavy atom. The smallest absolute Gasteiger partial charge is 0.326 e. The van der Waals surface area contributed by atoms with Crippen molar-refractivity contribution < 1.29 is 42.5 Å². The second kappa shape index (κ2) is 27.7. The fourth-order valence-corrected chi connectivity index (χ4v) is 14.2. The SMILES string of the molecule is CCOc1cc(C(C)(C)C)ccc1C1=N[C@]2(c3ccc(Cl)cc3)c3cc(Cl)ccc3[C@@]2(C)N1C(=O)N1CCN(CCOCCOCCOCCOCCC(=O)NCCn2nc3c(c2C#N)-c2cnc(N)c(c2)N2CCC[C@@H]2c2cc(F)ccc2C(=O)N(C2CC2)C3)CC1. The molecule has 4 amide bonds. The highest BCUT2D eigenvalue weighted by molar-refractivity contribution is 6.31. The molecule has 4 aromatic carbocycles. The number of benzene rings is 4. The number of piperazine rings is 1. The number of fused-ring (bicyclic) bond motifs is 12. The number of nitrogens with two attached hydrogens (primary N) is 1. The second-order valence-corrected chi connectivity index (χ2v) is 26.6. The number of amidine groups is 1. The lowest BCUT2D eigenvalue weighted by molar-refractivity contribution is -0.122. The monoisotopic (exact) mass is 1310 g/mol. The number of nitrogens with one attached hydrogen (secondary N) is 1. The minimum Gasteiger partial charge on any atom is -0.493 e. The molecule has 3 atom stereocenters. The van der Waals surface area contributed by atoms with Crippen molar-refractivity contribution in [3.8, 4) is 22.9 Å². The topological polar surface area (TPSA) is 218 Å². The molecule has 12 rings (SSSR count). The molecule has 2 bridgehead atoms.